The summed E-state index contributed by atoms with van der Waals surface area (Å²) in [5, 5.41) is 3.09. The lowest BCUT2D eigenvalue weighted by Gasteiger charge is -2.27. The zero-order valence-electron chi connectivity index (χ0n) is 14.7. The highest BCUT2D eigenvalue weighted by molar-refractivity contribution is 6.31. The second-order valence-electron chi connectivity index (χ2n) is 5.82. The van der Waals surface area contributed by atoms with E-state index in [4.69, 9.17) is 16.4 Å². The first-order valence-corrected chi connectivity index (χ1v) is 8.08. The quantitative estimate of drug-likeness (QED) is 0.299. The number of carbonyl (C=O) groups is 1. The molecule has 0 N–H and O–H groups in total. The van der Waals surface area contributed by atoms with Gasteiger partial charge in [0.1, 0.15) is 5.69 Å². The van der Waals surface area contributed by atoms with Crippen molar-refractivity contribution in [2.75, 3.05) is 7.11 Å². The van der Waals surface area contributed by atoms with E-state index < -0.39 is 69.9 Å². The van der Waals surface area contributed by atoms with Crippen molar-refractivity contribution in [3.8, 4) is 0 Å². The second kappa shape index (κ2) is 8.39. The highest BCUT2D eigenvalue weighted by Gasteiger charge is 2.32. The summed E-state index contributed by atoms with van der Waals surface area (Å²) in [5.74, 6) is -8.70. The minimum absolute atomic E-state index is 0.478. The van der Waals surface area contributed by atoms with Crippen LogP contribution in [-0.4, -0.2) is 33.9 Å². The minimum atomic E-state index is -3.05. The molecule has 154 valence electrons. The molecule has 0 saturated heterocycles. The fourth-order valence-electron chi connectivity index (χ4n) is 2.62. The first kappa shape index (κ1) is 22.0. The van der Waals surface area contributed by atoms with Crippen molar-refractivity contribution < 1.29 is 36.0 Å². The number of alkyl halides is 2. The van der Waals surface area contributed by atoms with Gasteiger partial charge in [-0.1, -0.05) is 11.6 Å². The van der Waals surface area contributed by atoms with Crippen molar-refractivity contribution in [2.45, 2.75) is 25.8 Å². The number of hydrogen-bond donors (Lipinski definition) is 0. The lowest BCUT2D eigenvalue weighted by atomic mass is 10.0. The molecule has 12 heteroatoms. The molecule has 0 saturated carbocycles. The molecule has 5 nitrogen and oxygen atoms in total. The van der Waals surface area contributed by atoms with E-state index in [0.29, 0.717) is 5.06 Å². The van der Waals surface area contributed by atoms with Gasteiger partial charge in [0.25, 0.3) is 12.3 Å². The van der Waals surface area contributed by atoms with E-state index in [1.807, 2.05) is 0 Å². The van der Waals surface area contributed by atoms with E-state index in [0.717, 1.165) is 18.0 Å². The third kappa shape index (κ3) is 3.95. The summed E-state index contributed by atoms with van der Waals surface area (Å²) in [6.45, 7) is 1.29. The summed E-state index contributed by atoms with van der Waals surface area (Å²) in [5.41, 5.74) is -2.01. The molecular weight excluding hydrogens is 416 g/mol. The van der Waals surface area contributed by atoms with E-state index in [9.17, 15) is 31.1 Å². The van der Waals surface area contributed by atoms with Crippen molar-refractivity contribution in [1.82, 2.24) is 14.8 Å². The Hall–Kier alpha value is -2.27. The van der Waals surface area contributed by atoms with Crippen LogP contribution in [0.3, 0.4) is 0 Å². The maximum atomic E-state index is 14.0. The third-order valence-electron chi connectivity index (χ3n) is 3.89. The summed E-state index contributed by atoms with van der Waals surface area (Å²) in [4.78, 5) is 17.5. The van der Waals surface area contributed by atoms with Crippen molar-refractivity contribution >= 4 is 17.5 Å². The van der Waals surface area contributed by atoms with Crippen LogP contribution in [0.5, 0.6) is 0 Å². The van der Waals surface area contributed by atoms with Gasteiger partial charge in [0, 0.05) is 18.8 Å². The number of aryl methyl sites for hydroxylation is 1. The van der Waals surface area contributed by atoms with Gasteiger partial charge in [0.05, 0.1) is 23.7 Å². The molecule has 0 fully saturated rings. The number of nitrogens with zero attached hydrogens (tertiary/aromatic N) is 3. The van der Waals surface area contributed by atoms with Crippen molar-refractivity contribution in [1.29, 1.82) is 0 Å². The van der Waals surface area contributed by atoms with Gasteiger partial charge in [0.2, 0.25) is 0 Å². The standard InChI is InChI=1S/C16H14ClF6N3O2/c1-6(4-7-9(17)11(19)13(21)12(20)10(7)18)26(28-3)16(27)8-5-25(2)24-14(8)15(22)23/h5-6,15H,4H2,1-3H3. The molecule has 0 aliphatic rings. The van der Waals surface area contributed by atoms with E-state index >= 15 is 0 Å². The Labute approximate surface area is 160 Å². The van der Waals surface area contributed by atoms with Crippen LogP contribution in [-0.2, 0) is 18.3 Å². The summed E-state index contributed by atoms with van der Waals surface area (Å²) in [7, 11) is 2.36. The number of aromatic nitrogens is 2. The van der Waals surface area contributed by atoms with E-state index in [1.165, 1.54) is 14.0 Å². The summed E-state index contributed by atoms with van der Waals surface area (Å²) >= 11 is 5.56. The van der Waals surface area contributed by atoms with Crippen molar-refractivity contribution in [3.05, 3.63) is 51.3 Å². The Balaban J connectivity index is 2.38. The highest BCUT2D eigenvalue weighted by Crippen LogP contribution is 2.30. The molecule has 1 aromatic heterocycles. The SMILES string of the molecule is CON(C(=O)c1cn(C)nc1C(F)F)C(C)Cc1c(F)c(F)c(F)c(F)c1Cl. The third-order valence-corrected chi connectivity index (χ3v) is 4.29. The Morgan fingerprint density at radius 1 is 1.21 bits per heavy atom. The van der Waals surface area contributed by atoms with Gasteiger partial charge in [-0.2, -0.15) is 5.10 Å². The van der Waals surface area contributed by atoms with Gasteiger partial charge < -0.3 is 0 Å². The number of halogens is 7. The maximum Gasteiger partial charge on any atom is 0.282 e. The van der Waals surface area contributed by atoms with Gasteiger partial charge in [0.15, 0.2) is 23.3 Å². The number of benzene rings is 1. The van der Waals surface area contributed by atoms with Crippen LogP contribution >= 0.6 is 11.6 Å². The summed E-state index contributed by atoms with van der Waals surface area (Å²) in [6.07, 6.45) is -2.61. The molecule has 2 aromatic rings. The Morgan fingerprint density at radius 3 is 2.32 bits per heavy atom. The number of hydroxylamine groups is 2. The fourth-order valence-corrected chi connectivity index (χ4v) is 2.86. The molecule has 1 aromatic carbocycles. The van der Waals surface area contributed by atoms with Crippen LogP contribution in [0.15, 0.2) is 6.20 Å². The van der Waals surface area contributed by atoms with Crippen LogP contribution in [0.25, 0.3) is 0 Å². The van der Waals surface area contributed by atoms with Gasteiger partial charge >= 0.3 is 0 Å². The lowest BCUT2D eigenvalue weighted by Crippen LogP contribution is -2.39. The van der Waals surface area contributed by atoms with Crippen molar-refractivity contribution in [2.24, 2.45) is 7.05 Å². The molecule has 1 amide bonds. The molecule has 0 radical (unpaired) electrons. The molecule has 0 aliphatic heterocycles. The maximum absolute atomic E-state index is 14.0. The zero-order valence-corrected chi connectivity index (χ0v) is 15.5. The van der Waals surface area contributed by atoms with Crippen LogP contribution in [0.4, 0.5) is 26.3 Å². The van der Waals surface area contributed by atoms with E-state index in [1.54, 1.807) is 0 Å². The van der Waals surface area contributed by atoms with Gasteiger partial charge in [-0.25, -0.2) is 31.4 Å². The highest BCUT2D eigenvalue weighted by atomic mass is 35.5. The van der Waals surface area contributed by atoms with Gasteiger partial charge in [-0.05, 0) is 13.3 Å². The van der Waals surface area contributed by atoms with Gasteiger partial charge in [-0.3, -0.25) is 14.3 Å². The molecule has 1 atom stereocenters. The lowest BCUT2D eigenvalue weighted by molar-refractivity contribution is -0.119. The number of hydrogen-bond acceptors (Lipinski definition) is 3. The van der Waals surface area contributed by atoms with Gasteiger partial charge in [-0.15, -0.1) is 0 Å². The fraction of sp³-hybridized carbons (Fsp3) is 0.375. The molecule has 28 heavy (non-hydrogen) atoms. The van der Waals surface area contributed by atoms with E-state index in [-0.39, 0.29) is 0 Å². The average Bonchev–Trinajstić information content (AvgIpc) is 3.04. The number of amides is 1. The van der Waals surface area contributed by atoms with Crippen LogP contribution in [0, 0.1) is 23.3 Å². The van der Waals surface area contributed by atoms with Crippen LogP contribution in [0.1, 0.15) is 35.0 Å². The number of rotatable bonds is 6. The largest absolute Gasteiger partial charge is 0.282 e. The normalized spacial score (nSPS) is 12.5. The Kier molecular flexibility index (Phi) is 6.60. The first-order valence-electron chi connectivity index (χ1n) is 7.70. The predicted molar refractivity (Wildman–Crippen MR) is 85.8 cm³/mol. The minimum Gasteiger partial charge on any atom is -0.275 e. The monoisotopic (exact) mass is 429 g/mol. The number of carbonyl (C=O) groups excluding carboxylic acids is 1. The molecule has 0 aliphatic carbocycles. The molecule has 0 spiro atoms. The summed E-state index contributed by atoms with van der Waals surface area (Å²) in [6, 6.07) is -1.13. The second-order valence-corrected chi connectivity index (χ2v) is 6.20. The summed E-state index contributed by atoms with van der Waals surface area (Å²) < 4.78 is 81.5. The van der Waals surface area contributed by atoms with E-state index in [2.05, 4.69) is 5.10 Å². The van der Waals surface area contributed by atoms with Crippen LogP contribution < -0.4 is 0 Å². The molecule has 2 rings (SSSR count). The first-order chi connectivity index (χ1) is 13.0. The molecule has 1 heterocycles. The van der Waals surface area contributed by atoms with Crippen LogP contribution in [0.2, 0.25) is 5.02 Å². The molecular formula is C16H14ClF6N3O2. The Morgan fingerprint density at radius 2 is 1.79 bits per heavy atom. The molecule has 1 unspecified atom stereocenters. The zero-order chi connectivity index (χ0) is 21.3. The molecule has 0 bridgehead atoms. The Bertz CT molecular complexity index is 876. The predicted octanol–water partition coefficient (Wildman–Crippen LogP) is 4.20. The average molecular weight is 430 g/mol. The topological polar surface area (TPSA) is 47.4 Å². The smallest absolute Gasteiger partial charge is 0.275 e. The van der Waals surface area contributed by atoms with Crippen molar-refractivity contribution in [3.63, 3.8) is 0 Å².